The van der Waals surface area contributed by atoms with Crippen molar-refractivity contribution in [3.05, 3.63) is 29.8 Å². The van der Waals surface area contributed by atoms with Crippen LogP contribution in [0.25, 0.3) is 0 Å². The number of ether oxygens (including phenoxy) is 2. The third-order valence-electron chi connectivity index (χ3n) is 2.36. The van der Waals surface area contributed by atoms with Crippen molar-refractivity contribution in [3.8, 4) is 5.75 Å². The zero-order valence-electron chi connectivity index (χ0n) is 11.2. The van der Waals surface area contributed by atoms with Crippen molar-refractivity contribution in [2.24, 2.45) is 0 Å². The van der Waals surface area contributed by atoms with Gasteiger partial charge in [0, 0.05) is 0 Å². The fourth-order valence-corrected chi connectivity index (χ4v) is 1.56. The van der Waals surface area contributed by atoms with E-state index >= 15 is 0 Å². The van der Waals surface area contributed by atoms with E-state index in [2.05, 4.69) is 5.32 Å². The summed E-state index contributed by atoms with van der Waals surface area (Å²) in [6, 6.07) is 7.91. The van der Waals surface area contributed by atoms with Gasteiger partial charge in [0.2, 0.25) is 0 Å². The first-order chi connectivity index (χ1) is 8.61. The largest absolute Gasteiger partial charge is 0.497 e. The van der Waals surface area contributed by atoms with Crippen molar-refractivity contribution < 1.29 is 14.3 Å². The van der Waals surface area contributed by atoms with E-state index in [9.17, 15) is 4.79 Å². The summed E-state index contributed by atoms with van der Waals surface area (Å²) in [4.78, 5) is 11.3. The molecule has 0 aliphatic heterocycles. The number of hydrogen-bond acceptors (Lipinski definition) is 4. The second-order valence-corrected chi connectivity index (χ2v) is 4.32. The number of hydrogen-bond donors (Lipinski definition) is 1. The third-order valence-corrected chi connectivity index (χ3v) is 2.36. The Morgan fingerprint density at radius 3 is 2.83 bits per heavy atom. The molecule has 1 rings (SSSR count). The normalized spacial score (nSPS) is 10.4. The molecule has 0 fully saturated rings. The van der Waals surface area contributed by atoms with E-state index < -0.39 is 0 Å². The minimum Gasteiger partial charge on any atom is -0.497 e. The van der Waals surface area contributed by atoms with E-state index in [1.165, 1.54) is 5.56 Å². The van der Waals surface area contributed by atoms with Crippen molar-refractivity contribution in [2.75, 3.05) is 20.2 Å². The van der Waals surface area contributed by atoms with Crippen LogP contribution >= 0.6 is 0 Å². The Labute approximate surface area is 108 Å². The third kappa shape index (κ3) is 5.68. The Morgan fingerprint density at radius 2 is 2.17 bits per heavy atom. The fraction of sp³-hybridized carbons (Fsp3) is 0.500. The van der Waals surface area contributed by atoms with Gasteiger partial charge in [-0.3, -0.25) is 4.79 Å². The topological polar surface area (TPSA) is 47.6 Å². The van der Waals surface area contributed by atoms with Crippen LogP contribution in [0, 0.1) is 0 Å². The van der Waals surface area contributed by atoms with Gasteiger partial charge in [-0.25, -0.2) is 0 Å². The Kier molecular flexibility index (Phi) is 6.22. The maximum atomic E-state index is 11.3. The summed E-state index contributed by atoms with van der Waals surface area (Å²) >= 11 is 0. The van der Waals surface area contributed by atoms with Gasteiger partial charge in [0.25, 0.3) is 0 Å². The molecule has 0 spiro atoms. The van der Waals surface area contributed by atoms with Gasteiger partial charge in [-0.05, 0) is 44.5 Å². The van der Waals surface area contributed by atoms with Crippen LogP contribution in [0.2, 0.25) is 0 Å². The summed E-state index contributed by atoms with van der Waals surface area (Å²) in [6.45, 7) is 4.67. The lowest BCUT2D eigenvalue weighted by molar-refractivity contribution is -0.146. The lowest BCUT2D eigenvalue weighted by Gasteiger charge is -2.09. The monoisotopic (exact) mass is 251 g/mol. The Balaban J connectivity index is 2.23. The van der Waals surface area contributed by atoms with Crippen LogP contribution in [0.5, 0.6) is 5.75 Å². The van der Waals surface area contributed by atoms with Gasteiger partial charge in [0.15, 0.2) is 0 Å². The second-order valence-electron chi connectivity index (χ2n) is 4.32. The first-order valence-corrected chi connectivity index (χ1v) is 6.15. The molecule has 0 aliphatic carbocycles. The number of benzene rings is 1. The van der Waals surface area contributed by atoms with Crippen LogP contribution in [0.4, 0.5) is 0 Å². The second kappa shape index (κ2) is 7.71. The van der Waals surface area contributed by atoms with Gasteiger partial charge in [-0.1, -0.05) is 12.1 Å². The number of nitrogens with one attached hydrogen (secondary N) is 1. The highest BCUT2D eigenvalue weighted by Crippen LogP contribution is 2.12. The predicted octanol–water partition coefficient (Wildman–Crippen LogP) is 1.78. The standard InChI is InChI=1S/C14H21NO3/c1-11(2)18-14(16)10-15-8-7-12-5-4-6-13(9-12)17-3/h4-6,9,11,15H,7-8,10H2,1-3H3. The van der Waals surface area contributed by atoms with E-state index in [-0.39, 0.29) is 18.6 Å². The molecule has 0 saturated heterocycles. The minimum absolute atomic E-state index is 0.0577. The molecule has 0 amide bonds. The summed E-state index contributed by atoms with van der Waals surface area (Å²) in [5.74, 6) is 0.641. The summed E-state index contributed by atoms with van der Waals surface area (Å²) < 4.78 is 10.2. The Hall–Kier alpha value is -1.55. The molecule has 0 unspecified atom stereocenters. The number of carbonyl (C=O) groups excluding carboxylic acids is 1. The van der Waals surface area contributed by atoms with E-state index in [4.69, 9.17) is 9.47 Å². The van der Waals surface area contributed by atoms with Gasteiger partial charge in [-0.2, -0.15) is 0 Å². The molecule has 1 N–H and O–H groups in total. The van der Waals surface area contributed by atoms with Crippen molar-refractivity contribution >= 4 is 5.97 Å². The smallest absolute Gasteiger partial charge is 0.320 e. The first-order valence-electron chi connectivity index (χ1n) is 6.15. The molecule has 1 aromatic carbocycles. The van der Waals surface area contributed by atoms with Crippen LogP contribution in [-0.2, 0) is 16.0 Å². The van der Waals surface area contributed by atoms with E-state index in [0.717, 1.165) is 18.7 Å². The molecule has 4 heteroatoms. The molecule has 1 aromatic rings. The SMILES string of the molecule is COc1cccc(CCNCC(=O)OC(C)C)c1. The number of rotatable bonds is 7. The Morgan fingerprint density at radius 1 is 1.39 bits per heavy atom. The van der Waals surface area contributed by atoms with Crippen molar-refractivity contribution in [1.29, 1.82) is 0 Å². The van der Waals surface area contributed by atoms with Crippen molar-refractivity contribution in [3.63, 3.8) is 0 Å². The number of esters is 1. The molecule has 0 radical (unpaired) electrons. The maximum Gasteiger partial charge on any atom is 0.320 e. The highest BCUT2D eigenvalue weighted by Gasteiger charge is 2.04. The molecular formula is C14H21NO3. The van der Waals surface area contributed by atoms with Crippen LogP contribution < -0.4 is 10.1 Å². The average Bonchev–Trinajstić information content (AvgIpc) is 2.34. The predicted molar refractivity (Wildman–Crippen MR) is 70.8 cm³/mol. The van der Waals surface area contributed by atoms with Gasteiger partial charge < -0.3 is 14.8 Å². The van der Waals surface area contributed by atoms with Gasteiger partial charge in [0.1, 0.15) is 5.75 Å². The zero-order valence-corrected chi connectivity index (χ0v) is 11.2. The molecule has 0 aliphatic rings. The first kappa shape index (κ1) is 14.5. The molecule has 4 nitrogen and oxygen atoms in total. The maximum absolute atomic E-state index is 11.3. The molecule has 0 bridgehead atoms. The zero-order chi connectivity index (χ0) is 13.4. The van der Waals surface area contributed by atoms with Crippen molar-refractivity contribution in [1.82, 2.24) is 5.32 Å². The highest BCUT2D eigenvalue weighted by molar-refractivity contribution is 5.71. The minimum atomic E-state index is -0.212. The molecule has 0 atom stereocenters. The number of carbonyl (C=O) groups is 1. The molecule has 0 saturated carbocycles. The summed E-state index contributed by atoms with van der Waals surface area (Å²) in [7, 11) is 1.65. The van der Waals surface area contributed by atoms with Crippen LogP contribution in [0.15, 0.2) is 24.3 Å². The molecule has 100 valence electrons. The van der Waals surface area contributed by atoms with Gasteiger partial charge >= 0.3 is 5.97 Å². The van der Waals surface area contributed by atoms with Crippen molar-refractivity contribution in [2.45, 2.75) is 26.4 Å². The molecule has 0 aromatic heterocycles. The Bertz CT molecular complexity index is 377. The van der Waals surface area contributed by atoms with Gasteiger partial charge in [0.05, 0.1) is 19.8 Å². The summed E-state index contributed by atoms with van der Waals surface area (Å²) in [6.07, 6.45) is 0.796. The van der Waals surface area contributed by atoms with E-state index in [1.807, 2.05) is 38.1 Å². The van der Waals surface area contributed by atoms with E-state index in [0.29, 0.717) is 0 Å². The van der Waals surface area contributed by atoms with Crippen LogP contribution in [0.1, 0.15) is 19.4 Å². The lowest BCUT2D eigenvalue weighted by atomic mass is 10.1. The average molecular weight is 251 g/mol. The molecule has 18 heavy (non-hydrogen) atoms. The highest BCUT2D eigenvalue weighted by atomic mass is 16.5. The quantitative estimate of drug-likeness (QED) is 0.593. The van der Waals surface area contributed by atoms with Crippen LogP contribution in [-0.4, -0.2) is 32.3 Å². The molecular weight excluding hydrogens is 230 g/mol. The fourth-order valence-electron chi connectivity index (χ4n) is 1.56. The van der Waals surface area contributed by atoms with Crippen LogP contribution in [0.3, 0.4) is 0 Å². The van der Waals surface area contributed by atoms with E-state index in [1.54, 1.807) is 7.11 Å². The number of methoxy groups -OCH3 is 1. The lowest BCUT2D eigenvalue weighted by Crippen LogP contribution is -2.28. The molecule has 0 heterocycles. The summed E-state index contributed by atoms with van der Waals surface area (Å²) in [5.41, 5.74) is 1.18. The van der Waals surface area contributed by atoms with Gasteiger partial charge in [-0.15, -0.1) is 0 Å². The summed E-state index contributed by atoms with van der Waals surface area (Å²) in [5, 5.41) is 3.06.